The van der Waals surface area contributed by atoms with Crippen molar-refractivity contribution in [1.82, 2.24) is 0 Å². The molecule has 0 saturated heterocycles. The lowest BCUT2D eigenvalue weighted by Gasteiger charge is -2.21. The third-order valence-electron chi connectivity index (χ3n) is 11.5. The number of hydrogen-bond donors (Lipinski definition) is 2. The maximum absolute atomic E-state index is 12.8. The smallest absolute Gasteiger partial charge is 0.462 e. The Balaban J connectivity index is 4.72. The van der Waals surface area contributed by atoms with E-state index < -0.39 is 57.8 Å². The van der Waals surface area contributed by atoms with Gasteiger partial charge in [-0.25, -0.2) is 4.57 Å². The van der Waals surface area contributed by atoms with Crippen molar-refractivity contribution in [2.45, 2.75) is 264 Å². The number of rotatable bonds is 50. The molecule has 0 saturated carbocycles. The maximum Gasteiger partial charge on any atom is 0.472 e. The van der Waals surface area contributed by atoms with E-state index in [1.165, 1.54) is 96.3 Å². The third-order valence-corrected chi connectivity index (χ3v) is 12.5. The third kappa shape index (κ3) is 46.8. The van der Waals surface area contributed by atoms with Crippen LogP contribution in [0.2, 0.25) is 0 Å². The molecule has 3 atom stereocenters. The lowest BCUT2D eigenvalue weighted by molar-refractivity contribution is -0.161. The zero-order valence-electron chi connectivity index (χ0n) is 42.4. The van der Waals surface area contributed by atoms with E-state index in [2.05, 4.69) is 57.2 Å². The number of ether oxygens (including phenoxy) is 3. The maximum atomic E-state index is 12.8. The highest BCUT2D eigenvalue weighted by Crippen LogP contribution is 2.43. The summed E-state index contributed by atoms with van der Waals surface area (Å²) in [5.74, 6) is -1.48. The number of allylic oxidation sites excluding steroid dienone is 6. The van der Waals surface area contributed by atoms with Crippen LogP contribution in [0.25, 0.3) is 0 Å². The summed E-state index contributed by atoms with van der Waals surface area (Å²) in [6.07, 6.45) is 48.3. The molecular formula is C54H99O11P. The molecule has 11 nitrogen and oxygen atoms in total. The molecule has 0 aliphatic rings. The van der Waals surface area contributed by atoms with E-state index in [1.54, 1.807) is 0 Å². The fraction of sp³-hybridized carbons (Fsp3) is 0.833. The Hall–Kier alpha value is -2.30. The molecule has 3 unspecified atom stereocenters. The first-order valence-electron chi connectivity index (χ1n) is 26.9. The fourth-order valence-corrected chi connectivity index (χ4v) is 8.17. The van der Waals surface area contributed by atoms with Crippen LogP contribution < -0.4 is 0 Å². The zero-order valence-corrected chi connectivity index (χ0v) is 43.3. The van der Waals surface area contributed by atoms with E-state index in [-0.39, 0.29) is 25.9 Å². The van der Waals surface area contributed by atoms with Crippen LogP contribution in [0.3, 0.4) is 0 Å². The second-order valence-corrected chi connectivity index (χ2v) is 19.5. The Kier molecular flexibility index (Phi) is 47.4. The number of hydrogen-bond acceptors (Lipinski definition) is 10. The molecular weight excluding hydrogens is 856 g/mol. The van der Waals surface area contributed by atoms with E-state index in [0.29, 0.717) is 19.3 Å². The van der Waals surface area contributed by atoms with E-state index >= 15 is 0 Å². The molecule has 0 heterocycles. The minimum atomic E-state index is -4.74. The molecule has 386 valence electrons. The number of phosphoric ester groups is 1. The van der Waals surface area contributed by atoms with Gasteiger partial charge in [-0.05, 0) is 70.6 Å². The molecule has 0 amide bonds. The van der Waals surface area contributed by atoms with Crippen molar-refractivity contribution in [2.24, 2.45) is 0 Å². The Labute approximate surface area is 403 Å². The second kappa shape index (κ2) is 49.1. The Morgan fingerprint density at radius 3 is 1.20 bits per heavy atom. The van der Waals surface area contributed by atoms with E-state index in [1.807, 2.05) is 0 Å². The molecule has 0 aromatic carbocycles. The normalized spacial score (nSPS) is 13.7. The van der Waals surface area contributed by atoms with Gasteiger partial charge in [0.15, 0.2) is 6.10 Å². The number of unbranched alkanes of at least 4 members (excludes halogenated alkanes) is 27. The predicted molar refractivity (Wildman–Crippen MR) is 270 cm³/mol. The first-order chi connectivity index (χ1) is 32.2. The van der Waals surface area contributed by atoms with Gasteiger partial charge in [0.05, 0.1) is 19.8 Å². The van der Waals surface area contributed by atoms with Gasteiger partial charge in [-0.3, -0.25) is 23.4 Å². The molecule has 66 heavy (non-hydrogen) atoms. The van der Waals surface area contributed by atoms with Gasteiger partial charge in [0.1, 0.15) is 12.7 Å². The van der Waals surface area contributed by atoms with Crippen LogP contribution in [-0.4, -0.2) is 66.5 Å². The highest BCUT2D eigenvalue weighted by Gasteiger charge is 2.28. The van der Waals surface area contributed by atoms with Crippen molar-refractivity contribution in [3.63, 3.8) is 0 Å². The predicted octanol–water partition coefficient (Wildman–Crippen LogP) is 15.3. The van der Waals surface area contributed by atoms with Gasteiger partial charge >= 0.3 is 25.7 Å². The zero-order chi connectivity index (χ0) is 48.4. The summed E-state index contributed by atoms with van der Waals surface area (Å²) in [5.41, 5.74) is 0. The van der Waals surface area contributed by atoms with Crippen LogP contribution in [0.4, 0.5) is 0 Å². The largest absolute Gasteiger partial charge is 0.472 e. The number of aliphatic hydroxyl groups is 1. The molecule has 0 bridgehead atoms. The van der Waals surface area contributed by atoms with Crippen molar-refractivity contribution < 1.29 is 52.2 Å². The average molecular weight is 955 g/mol. The SMILES string of the molecule is CCC/C=C\C/C=C\CCCCCCCC(=O)OC(COC(=O)CCCCCCCCC/C=C\CCCCCCCC)COP(=O)(O)OCC(CO)OC(=O)CCCCCCCCCCC. The molecule has 0 fully saturated rings. The van der Waals surface area contributed by atoms with Crippen molar-refractivity contribution in [3.8, 4) is 0 Å². The number of aliphatic hydroxyl groups excluding tert-OH is 1. The van der Waals surface area contributed by atoms with Gasteiger partial charge in [-0.15, -0.1) is 0 Å². The number of esters is 3. The minimum absolute atomic E-state index is 0.153. The van der Waals surface area contributed by atoms with Crippen LogP contribution in [-0.2, 0) is 42.2 Å². The van der Waals surface area contributed by atoms with Crippen LogP contribution in [0.5, 0.6) is 0 Å². The summed E-state index contributed by atoms with van der Waals surface area (Å²) in [4.78, 5) is 48.3. The van der Waals surface area contributed by atoms with Gasteiger partial charge in [-0.2, -0.15) is 0 Å². The van der Waals surface area contributed by atoms with Crippen molar-refractivity contribution in [3.05, 3.63) is 36.5 Å². The van der Waals surface area contributed by atoms with Crippen LogP contribution in [0.1, 0.15) is 252 Å². The molecule has 0 rings (SSSR count). The molecule has 0 radical (unpaired) electrons. The van der Waals surface area contributed by atoms with Crippen LogP contribution >= 0.6 is 7.82 Å². The monoisotopic (exact) mass is 955 g/mol. The summed E-state index contributed by atoms with van der Waals surface area (Å²) in [5, 5.41) is 9.74. The summed E-state index contributed by atoms with van der Waals surface area (Å²) in [6, 6.07) is 0. The Morgan fingerprint density at radius 1 is 0.424 bits per heavy atom. The van der Waals surface area contributed by atoms with Crippen molar-refractivity contribution >= 4 is 25.7 Å². The molecule has 12 heteroatoms. The van der Waals surface area contributed by atoms with Gasteiger partial charge in [0.25, 0.3) is 0 Å². The lowest BCUT2D eigenvalue weighted by Crippen LogP contribution is -2.30. The van der Waals surface area contributed by atoms with Crippen LogP contribution in [0, 0.1) is 0 Å². The molecule has 0 aliphatic heterocycles. The number of carbonyl (C=O) groups excluding carboxylic acids is 3. The van der Waals surface area contributed by atoms with E-state index in [9.17, 15) is 28.9 Å². The molecule has 0 aromatic rings. The van der Waals surface area contributed by atoms with E-state index in [4.69, 9.17) is 23.3 Å². The Morgan fingerprint density at radius 2 is 0.773 bits per heavy atom. The quantitative estimate of drug-likeness (QED) is 0.0197. The van der Waals surface area contributed by atoms with Crippen molar-refractivity contribution in [2.75, 3.05) is 26.4 Å². The first kappa shape index (κ1) is 63.7. The summed E-state index contributed by atoms with van der Waals surface area (Å²) >= 11 is 0. The average Bonchev–Trinajstić information content (AvgIpc) is 3.30. The molecule has 0 aliphatic carbocycles. The number of carbonyl (C=O) groups is 3. The minimum Gasteiger partial charge on any atom is -0.462 e. The molecule has 0 aromatic heterocycles. The second-order valence-electron chi connectivity index (χ2n) is 18.0. The van der Waals surface area contributed by atoms with Gasteiger partial charge in [-0.1, -0.05) is 198 Å². The van der Waals surface area contributed by atoms with Crippen molar-refractivity contribution in [1.29, 1.82) is 0 Å². The lowest BCUT2D eigenvalue weighted by atomic mass is 10.1. The molecule has 0 spiro atoms. The summed E-state index contributed by atoms with van der Waals surface area (Å²) in [7, 11) is -4.74. The topological polar surface area (TPSA) is 155 Å². The van der Waals surface area contributed by atoms with Gasteiger partial charge in [0.2, 0.25) is 0 Å². The molecule has 2 N–H and O–H groups in total. The van der Waals surface area contributed by atoms with Gasteiger partial charge in [0, 0.05) is 19.3 Å². The van der Waals surface area contributed by atoms with E-state index in [0.717, 1.165) is 96.3 Å². The van der Waals surface area contributed by atoms with Crippen LogP contribution in [0.15, 0.2) is 36.5 Å². The highest BCUT2D eigenvalue weighted by atomic mass is 31.2. The first-order valence-corrected chi connectivity index (χ1v) is 28.4. The summed E-state index contributed by atoms with van der Waals surface area (Å²) in [6.45, 7) is 4.54. The summed E-state index contributed by atoms with van der Waals surface area (Å²) < 4.78 is 39.3. The standard InChI is InChI=1S/C54H99O11P/c1-4-7-10-13-16-19-21-23-24-25-26-28-29-32-34-37-40-43-52(56)61-47-51(65-54(58)45-42-39-36-33-30-27-22-20-17-14-11-8-5-2)49-63-66(59,60)62-48-50(46-55)64-53(57)44-41-38-35-31-18-15-12-9-6-3/h11,14,20,22-24,50-51,55H,4-10,12-13,15-19,21,25-49H2,1-3H3,(H,59,60)/b14-11-,22-20-,24-23-. The fourth-order valence-electron chi connectivity index (χ4n) is 7.39. The van der Waals surface area contributed by atoms with Gasteiger partial charge < -0.3 is 24.2 Å². The number of phosphoric acid groups is 1. The Bertz CT molecular complexity index is 1250. The highest BCUT2D eigenvalue weighted by molar-refractivity contribution is 7.47.